The van der Waals surface area contributed by atoms with Crippen molar-refractivity contribution in [2.24, 2.45) is 0 Å². The van der Waals surface area contributed by atoms with Crippen molar-refractivity contribution in [1.29, 1.82) is 5.26 Å². The molecule has 0 radical (unpaired) electrons. The minimum Gasteiger partial charge on any atom is -0.368 e. The van der Waals surface area contributed by atoms with Crippen molar-refractivity contribution >= 4 is 11.6 Å². The smallest absolute Gasteiger partial charge is 0.223 e. The molecule has 1 aromatic carbocycles. The number of nitrogens with zero attached hydrogens (tertiary/aromatic N) is 4. The zero-order valence-electron chi connectivity index (χ0n) is 13.0. The average Bonchev–Trinajstić information content (AvgIpc) is 2.55. The molecule has 1 fully saturated rings. The fraction of sp³-hybridized carbons (Fsp3) is 0.353. The maximum atomic E-state index is 13.8. The molecule has 0 saturated carbocycles. The Morgan fingerprint density at radius 1 is 1.39 bits per heavy atom. The summed E-state index contributed by atoms with van der Waals surface area (Å²) in [5.74, 6) is 0.138. The third kappa shape index (κ3) is 3.39. The van der Waals surface area contributed by atoms with E-state index in [1.807, 2.05) is 19.1 Å². The molecule has 1 N–H and O–H groups in total. The Morgan fingerprint density at radius 2 is 2.26 bits per heavy atom. The van der Waals surface area contributed by atoms with Crippen molar-refractivity contribution in [2.45, 2.75) is 25.8 Å². The lowest BCUT2D eigenvalue weighted by molar-refractivity contribution is 0.525. The van der Waals surface area contributed by atoms with Crippen LogP contribution in [0.5, 0.6) is 0 Å². The summed E-state index contributed by atoms with van der Waals surface area (Å²) in [5, 5.41) is 12.5. The zero-order chi connectivity index (χ0) is 16.2. The molecule has 0 bridgehead atoms. The van der Waals surface area contributed by atoms with E-state index in [-0.39, 0.29) is 11.6 Å². The van der Waals surface area contributed by atoms with Crippen LogP contribution in [0.4, 0.5) is 16.0 Å². The normalized spacial score (nSPS) is 17.6. The lowest BCUT2D eigenvalue weighted by atomic mass is 10.0. The van der Waals surface area contributed by atoms with Crippen LogP contribution in [0.3, 0.4) is 0 Å². The van der Waals surface area contributed by atoms with Gasteiger partial charge in [0.25, 0.3) is 0 Å². The van der Waals surface area contributed by atoms with E-state index in [1.165, 1.54) is 6.07 Å². The fourth-order valence-electron chi connectivity index (χ4n) is 2.90. The number of hydrogen-bond donors (Lipinski definition) is 1. The van der Waals surface area contributed by atoms with Crippen molar-refractivity contribution in [3.05, 3.63) is 47.5 Å². The molecule has 23 heavy (non-hydrogen) atoms. The van der Waals surface area contributed by atoms with Crippen molar-refractivity contribution in [2.75, 3.05) is 23.3 Å². The molecule has 5 nitrogen and oxygen atoms in total. The number of aryl methyl sites for hydroxylation is 1. The van der Waals surface area contributed by atoms with E-state index < -0.39 is 5.82 Å². The molecule has 1 atom stereocenters. The van der Waals surface area contributed by atoms with Gasteiger partial charge in [0.2, 0.25) is 5.95 Å². The summed E-state index contributed by atoms with van der Waals surface area (Å²) in [4.78, 5) is 10.6. The van der Waals surface area contributed by atoms with Crippen LogP contribution in [0, 0.1) is 24.1 Å². The topological polar surface area (TPSA) is 64.8 Å². The van der Waals surface area contributed by atoms with E-state index in [4.69, 9.17) is 0 Å². The van der Waals surface area contributed by atoms with Crippen LogP contribution in [-0.2, 0) is 0 Å². The van der Waals surface area contributed by atoms with Gasteiger partial charge in [-0.1, -0.05) is 6.07 Å². The molecule has 1 aromatic heterocycles. The molecule has 1 unspecified atom stereocenters. The fourth-order valence-corrected chi connectivity index (χ4v) is 2.90. The van der Waals surface area contributed by atoms with Gasteiger partial charge in [-0.25, -0.2) is 14.4 Å². The molecule has 3 rings (SSSR count). The predicted octanol–water partition coefficient (Wildman–Crippen LogP) is 2.88. The van der Waals surface area contributed by atoms with Crippen LogP contribution in [0.1, 0.15) is 24.1 Å². The first-order chi connectivity index (χ1) is 11.2. The Hall–Kier alpha value is -2.68. The number of benzene rings is 1. The first-order valence-electron chi connectivity index (χ1n) is 7.67. The van der Waals surface area contributed by atoms with Gasteiger partial charge in [-0.3, -0.25) is 0 Å². The summed E-state index contributed by atoms with van der Waals surface area (Å²) in [6.45, 7) is 3.42. The van der Waals surface area contributed by atoms with Crippen LogP contribution < -0.4 is 10.2 Å². The van der Waals surface area contributed by atoms with Crippen LogP contribution in [-0.4, -0.2) is 29.1 Å². The van der Waals surface area contributed by atoms with Crippen LogP contribution in [0.2, 0.25) is 0 Å². The number of nitriles is 1. The number of nitrogens with one attached hydrogen (secondary N) is 1. The molecule has 0 amide bonds. The highest BCUT2D eigenvalue weighted by molar-refractivity contribution is 5.60. The Balaban J connectivity index is 1.76. The van der Waals surface area contributed by atoms with E-state index in [2.05, 4.69) is 20.2 Å². The van der Waals surface area contributed by atoms with Crippen LogP contribution in [0.15, 0.2) is 30.5 Å². The number of halogens is 1. The number of piperidine rings is 1. The monoisotopic (exact) mass is 311 g/mol. The number of rotatable bonds is 3. The maximum absolute atomic E-state index is 13.8. The highest BCUT2D eigenvalue weighted by atomic mass is 19.1. The van der Waals surface area contributed by atoms with Gasteiger partial charge in [0.05, 0.1) is 5.69 Å². The highest BCUT2D eigenvalue weighted by Gasteiger charge is 2.23. The van der Waals surface area contributed by atoms with Crippen molar-refractivity contribution in [3.8, 4) is 6.07 Å². The van der Waals surface area contributed by atoms with Gasteiger partial charge in [-0.2, -0.15) is 5.26 Å². The van der Waals surface area contributed by atoms with Crippen LogP contribution in [0.25, 0.3) is 0 Å². The van der Waals surface area contributed by atoms with Gasteiger partial charge < -0.3 is 10.2 Å². The van der Waals surface area contributed by atoms with E-state index in [0.717, 1.165) is 25.1 Å². The summed E-state index contributed by atoms with van der Waals surface area (Å²) in [5.41, 5.74) is 1.68. The standard InChI is InChI=1S/C17H18FN5/c1-12-7-8-20-17(21-12)22-13-4-3-9-23(11-13)16-6-2-5-15(18)14(16)10-19/h2,5-8,13H,3-4,9,11H2,1H3,(H,20,21,22). The average molecular weight is 311 g/mol. The van der Waals surface area contributed by atoms with Gasteiger partial charge in [0.1, 0.15) is 17.4 Å². The molecule has 1 saturated heterocycles. The molecule has 0 aliphatic carbocycles. The number of hydrogen-bond acceptors (Lipinski definition) is 5. The molecule has 2 heterocycles. The molecule has 0 spiro atoms. The quantitative estimate of drug-likeness (QED) is 0.944. The second-order valence-corrected chi connectivity index (χ2v) is 5.70. The molecule has 1 aliphatic rings. The minimum atomic E-state index is -0.470. The molecule has 118 valence electrons. The van der Waals surface area contributed by atoms with Crippen molar-refractivity contribution in [1.82, 2.24) is 9.97 Å². The summed E-state index contributed by atoms with van der Waals surface area (Å²) in [6, 6.07) is 8.76. The van der Waals surface area contributed by atoms with Gasteiger partial charge in [0.15, 0.2) is 0 Å². The van der Waals surface area contributed by atoms with E-state index in [9.17, 15) is 9.65 Å². The first kappa shape index (κ1) is 15.2. The molecule has 6 heteroatoms. The van der Waals surface area contributed by atoms with Crippen molar-refractivity contribution in [3.63, 3.8) is 0 Å². The van der Waals surface area contributed by atoms with Gasteiger partial charge in [-0.05, 0) is 38.0 Å². The Labute approximate surface area is 134 Å². The summed E-state index contributed by atoms with van der Waals surface area (Å²) in [7, 11) is 0. The second kappa shape index (κ2) is 6.61. The number of anilines is 2. The first-order valence-corrected chi connectivity index (χ1v) is 7.67. The minimum absolute atomic E-state index is 0.111. The summed E-state index contributed by atoms with van der Waals surface area (Å²) in [6.07, 6.45) is 3.68. The zero-order valence-corrected chi connectivity index (χ0v) is 13.0. The Bertz CT molecular complexity index is 740. The Morgan fingerprint density at radius 3 is 3.04 bits per heavy atom. The highest BCUT2D eigenvalue weighted by Crippen LogP contribution is 2.26. The molecule has 2 aromatic rings. The van der Waals surface area contributed by atoms with E-state index in [0.29, 0.717) is 18.2 Å². The summed E-state index contributed by atoms with van der Waals surface area (Å²) < 4.78 is 13.8. The summed E-state index contributed by atoms with van der Waals surface area (Å²) >= 11 is 0. The van der Waals surface area contributed by atoms with Gasteiger partial charge >= 0.3 is 0 Å². The lowest BCUT2D eigenvalue weighted by Gasteiger charge is -2.35. The van der Waals surface area contributed by atoms with E-state index >= 15 is 0 Å². The van der Waals surface area contributed by atoms with Crippen molar-refractivity contribution < 1.29 is 4.39 Å². The lowest BCUT2D eigenvalue weighted by Crippen LogP contribution is -2.42. The third-order valence-corrected chi connectivity index (χ3v) is 3.99. The van der Waals surface area contributed by atoms with Gasteiger partial charge in [-0.15, -0.1) is 0 Å². The van der Waals surface area contributed by atoms with Gasteiger partial charge in [0, 0.05) is 31.0 Å². The molecular formula is C17H18FN5. The number of aromatic nitrogens is 2. The third-order valence-electron chi connectivity index (χ3n) is 3.99. The Kier molecular flexibility index (Phi) is 4.38. The maximum Gasteiger partial charge on any atom is 0.223 e. The molecular weight excluding hydrogens is 293 g/mol. The van der Waals surface area contributed by atoms with Crippen LogP contribution >= 0.6 is 0 Å². The second-order valence-electron chi connectivity index (χ2n) is 5.70. The molecule has 1 aliphatic heterocycles. The van der Waals surface area contributed by atoms with E-state index in [1.54, 1.807) is 18.3 Å². The predicted molar refractivity (Wildman–Crippen MR) is 86.7 cm³/mol. The largest absolute Gasteiger partial charge is 0.368 e. The SMILES string of the molecule is Cc1ccnc(NC2CCCN(c3cccc(F)c3C#N)C2)n1.